The maximum atomic E-state index is 12.5. The zero-order valence-corrected chi connectivity index (χ0v) is 15.0. The van der Waals surface area contributed by atoms with E-state index in [0.717, 1.165) is 17.3 Å². The van der Waals surface area contributed by atoms with E-state index < -0.39 is 5.97 Å². The van der Waals surface area contributed by atoms with Crippen LogP contribution in [-0.4, -0.2) is 23.1 Å². The van der Waals surface area contributed by atoms with E-state index >= 15 is 0 Å². The lowest BCUT2D eigenvalue weighted by Crippen LogP contribution is -2.20. The van der Waals surface area contributed by atoms with E-state index in [1.807, 2.05) is 22.9 Å². The predicted molar refractivity (Wildman–Crippen MR) is 102 cm³/mol. The number of rotatable bonds is 6. The SMILES string of the molecule is CCOC(=O)c1ccccc1NC(=O)Cn1ccc2cc(CC)ccc21. The van der Waals surface area contributed by atoms with Crippen molar-refractivity contribution in [1.82, 2.24) is 4.57 Å². The Bertz CT molecular complexity index is 943. The Morgan fingerprint density at radius 1 is 1.08 bits per heavy atom. The highest BCUT2D eigenvalue weighted by atomic mass is 16.5. The first-order valence-electron chi connectivity index (χ1n) is 8.76. The van der Waals surface area contributed by atoms with E-state index in [4.69, 9.17) is 4.74 Å². The molecule has 2 aromatic carbocycles. The minimum atomic E-state index is -0.443. The van der Waals surface area contributed by atoms with Gasteiger partial charge in [-0.2, -0.15) is 0 Å². The van der Waals surface area contributed by atoms with Crippen LogP contribution in [0.1, 0.15) is 29.8 Å². The number of carbonyl (C=O) groups excluding carboxylic acids is 2. The molecule has 3 rings (SSSR count). The van der Waals surface area contributed by atoms with Gasteiger partial charge in [-0.1, -0.05) is 25.1 Å². The second kappa shape index (κ2) is 7.87. The molecule has 0 saturated carbocycles. The number of nitrogens with one attached hydrogen (secondary N) is 1. The van der Waals surface area contributed by atoms with Crippen LogP contribution in [0, 0.1) is 0 Å². The molecule has 0 radical (unpaired) electrons. The van der Waals surface area contributed by atoms with Gasteiger partial charge in [0.15, 0.2) is 0 Å². The largest absolute Gasteiger partial charge is 0.462 e. The zero-order chi connectivity index (χ0) is 18.5. The summed E-state index contributed by atoms with van der Waals surface area (Å²) in [6, 6.07) is 15.1. The molecular weight excluding hydrogens is 328 g/mol. The minimum absolute atomic E-state index is 0.173. The van der Waals surface area contributed by atoms with Crippen molar-refractivity contribution in [3.05, 3.63) is 65.9 Å². The molecule has 0 saturated heterocycles. The Hall–Kier alpha value is -3.08. The number of anilines is 1. The summed E-state index contributed by atoms with van der Waals surface area (Å²) in [5, 5.41) is 3.93. The van der Waals surface area contributed by atoms with Gasteiger partial charge < -0.3 is 14.6 Å². The number of amides is 1. The van der Waals surface area contributed by atoms with Crippen LogP contribution >= 0.6 is 0 Å². The molecule has 1 heterocycles. The smallest absolute Gasteiger partial charge is 0.340 e. The summed E-state index contributed by atoms with van der Waals surface area (Å²) >= 11 is 0. The molecule has 3 aromatic rings. The third-order valence-corrected chi connectivity index (χ3v) is 4.25. The Balaban J connectivity index is 1.77. The second-order valence-corrected chi connectivity index (χ2v) is 6.00. The number of benzene rings is 2. The zero-order valence-electron chi connectivity index (χ0n) is 15.0. The van der Waals surface area contributed by atoms with Gasteiger partial charge in [0.25, 0.3) is 0 Å². The highest BCUT2D eigenvalue weighted by molar-refractivity contribution is 6.01. The highest BCUT2D eigenvalue weighted by Gasteiger charge is 2.14. The standard InChI is InChI=1S/C21H22N2O3/c1-3-15-9-10-19-16(13-15)11-12-23(19)14-20(24)22-18-8-6-5-7-17(18)21(25)26-4-2/h5-13H,3-4,14H2,1-2H3,(H,22,24). The van der Waals surface area contributed by atoms with Gasteiger partial charge in [-0.05, 0) is 54.6 Å². The van der Waals surface area contributed by atoms with Crippen molar-refractivity contribution in [1.29, 1.82) is 0 Å². The lowest BCUT2D eigenvalue weighted by molar-refractivity contribution is -0.116. The number of hydrogen-bond donors (Lipinski definition) is 1. The van der Waals surface area contributed by atoms with E-state index in [9.17, 15) is 9.59 Å². The summed E-state index contributed by atoms with van der Waals surface area (Å²) in [6.07, 6.45) is 2.88. The number of fused-ring (bicyclic) bond motifs is 1. The Morgan fingerprint density at radius 2 is 1.88 bits per heavy atom. The maximum Gasteiger partial charge on any atom is 0.340 e. The van der Waals surface area contributed by atoms with Crippen molar-refractivity contribution >= 4 is 28.5 Å². The topological polar surface area (TPSA) is 60.3 Å². The molecule has 0 aliphatic carbocycles. The summed E-state index contributed by atoms with van der Waals surface area (Å²) in [7, 11) is 0. The summed E-state index contributed by atoms with van der Waals surface area (Å²) in [6.45, 7) is 4.33. The summed E-state index contributed by atoms with van der Waals surface area (Å²) in [4.78, 5) is 24.5. The molecule has 0 aliphatic rings. The van der Waals surface area contributed by atoms with E-state index in [1.165, 1.54) is 5.56 Å². The molecule has 0 aliphatic heterocycles. The molecule has 5 nitrogen and oxygen atoms in total. The third kappa shape index (κ3) is 3.77. The molecule has 1 aromatic heterocycles. The van der Waals surface area contributed by atoms with Crippen LogP contribution in [0.3, 0.4) is 0 Å². The van der Waals surface area contributed by atoms with E-state index in [2.05, 4.69) is 24.4 Å². The van der Waals surface area contributed by atoms with Crippen LogP contribution in [0.4, 0.5) is 5.69 Å². The molecule has 1 amide bonds. The van der Waals surface area contributed by atoms with Gasteiger partial charge in [-0.15, -0.1) is 0 Å². The number of esters is 1. The molecule has 0 unspecified atom stereocenters. The first kappa shape index (κ1) is 17.7. The highest BCUT2D eigenvalue weighted by Crippen LogP contribution is 2.19. The first-order chi connectivity index (χ1) is 12.6. The molecule has 0 fully saturated rings. The number of hydrogen-bond acceptors (Lipinski definition) is 3. The van der Waals surface area contributed by atoms with E-state index in [1.54, 1.807) is 31.2 Å². The van der Waals surface area contributed by atoms with Crippen LogP contribution in [0.5, 0.6) is 0 Å². The second-order valence-electron chi connectivity index (χ2n) is 6.00. The van der Waals surface area contributed by atoms with Crippen molar-refractivity contribution in [2.45, 2.75) is 26.8 Å². The summed E-state index contributed by atoms with van der Waals surface area (Å²) < 4.78 is 6.94. The van der Waals surface area contributed by atoms with Crippen molar-refractivity contribution in [3.8, 4) is 0 Å². The van der Waals surface area contributed by atoms with Crippen molar-refractivity contribution < 1.29 is 14.3 Å². The molecule has 134 valence electrons. The maximum absolute atomic E-state index is 12.5. The van der Waals surface area contributed by atoms with Gasteiger partial charge in [0, 0.05) is 11.7 Å². The number of para-hydroxylation sites is 1. The van der Waals surface area contributed by atoms with Crippen molar-refractivity contribution in [2.75, 3.05) is 11.9 Å². The number of ether oxygens (including phenoxy) is 1. The Labute approximate surface area is 152 Å². The molecule has 1 N–H and O–H groups in total. The average molecular weight is 350 g/mol. The number of aryl methyl sites for hydroxylation is 1. The van der Waals surface area contributed by atoms with Crippen LogP contribution in [0.2, 0.25) is 0 Å². The van der Waals surface area contributed by atoms with Gasteiger partial charge in [-0.25, -0.2) is 4.79 Å². The molecule has 26 heavy (non-hydrogen) atoms. The third-order valence-electron chi connectivity index (χ3n) is 4.25. The van der Waals surface area contributed by atoms with Crippen LogP contribution in [-0.2, 0) is 22.5 Å². The quantitative estimate of drug-likeness (QED) is 0.683. The van der Waals surface area contributed by atoms with Crippen molar-refractivity contribution in [3.63, 3.8) is 0 Å². The predicted octanol–water partition coefficient (Wildman–Crippen LogP) is 4.02. The lowest BCUT2D eigenvalue weighted by Gasteiger charge is -2.11. The molecular formula is C21H22N2O3. The first-order valence-corrected chi connectivity index (χ1v) is 8.76. The average Bonchev–Trinajstić information content (AvgIpc) is 3.04. The van der Waals surface area contributed by atoms with Gasteiger partial charge in [0.05, 0.1) is 17.9 Å². The van der Waals surface area contributed by atoms with E-state index in [-0.39, 0.29) is 19.1 Å². The number of aromatic nitrogens is 1. The normalized spacial score (nSPS) is 10.7. The molecule has 0 bridgehead atoms. The molecule has 0 spiro atoms. The molecule has 5 heteroatoms. The number of nitrogens with zero attached hydrogens (tertiary/aromatic N) is 1. The van der Waals surface area contributed by atoms with Crippen LogP contribution in [0.15, 0.2) is 54.7 Å². The number of carbonyl (C=O) groups is 2. The Kier molecular flexibility index (Phi) is 5.37. The monoisotopic (exact) mass is 350 g/mol. The summed E-state index contributed by atoms with van der Waals surface area (Å²) in [5.41, 5.74) is 3.09. The van der Waals surface area contributed by atoms with Crippen LogP contribution in [0.25, 0.3) is 10.9 Å². The minimum Gasteiger partial charge on any atom is -0.462 e. The van der Waals surface area contributed by atoms with Gasteiger partial charge in [-0.3, -0.25) is 4.79 Å². The van der Waals surface area contributed by atoms with Gasteiger partial charge in [0.1, 0.15) is 6.54 Å². The summed E-state index contributed by atoms with van der Waals surface area (Å²) in [5.74, 6) is -0.638. The van der Waals surface area contributed by atoms with E-state index in [0.29, 0.717) is 11.3 Å². The van der Waals surface area contributed by atoms with Crippen LogP contribution < -0.4 is 5.32 Å². The Morgan fingerprint density at radius 3 is 2.65 bits per heavy atom. The van der Waals surface area contributed by atoms with Gasteiger partial charge >= 0.3 is 5.97 Å². The van der Waals surface area contributed by atoms with Gasteiger partial charge in [0.2, 0.25) is 5.91 Å². The van der Waals surface area contributed by atoms with Crippen molar-refractivity contribution in [2.24, 2.45) is 0 Å². The fourth-order valence-electron chi connectivity index (χ4n) is 2.93. The fourth-order valence-corrected chi connectivity index (χ4v) is 2.93. The molecule has 0 atom stereocenters. The lowest BCUT2D eigenvalue weighted by atomic mass is 10.1. The fraction of sp³-hybridized carbons (Fsp3) is 0.238.